The molecule has 31 heavy (non-hydrogen) atoms. The van der Waals surface area contributed by atoms with E-state index in [4.69, 9.17) is 0 Å². The summed E-state index contributed by atoms with van der Waals surface area (Å²) in [5.41, 5.74) is 0.788. The molecule has 0 unspecified atom stereocenters. The first-order valence-corrected chi connectivity index (χ1v) is 11.1. The van der Waals surface area contributed by atoms with Crippen molar-refractivity contribution in [2.45, 2.75) is 31.5 Å². The number of aliphatic hydroxyl groups is 1. The van der Waals surface area contributed by atoms with Crippen LogP contribution in [-0.4, -0.2) is 50.9 Å². The molecule has 0 atom stereocenters. The first kappa shape index (κ1) is 21.5. The third-order valence-corrected chi connectivity index (χ3v) is 6.42. The van der Waals surface area contributed by atoms with E-state index >= 15 is 0 Å². The van der Waals surface area contributed by atoms with Crippen LogP contribution in [-0.2, 0) is 18.7 Å². The average molecular weight is 441 g/mol. The van der Waals surface area contributed by atoms with E-state index in [-0.39, 0.29) is 11.5 Å². The van der Waals surface area contributed by atoms with Crippen molar-refractivity contribution < 1.29 is 14.3 Å². The molecule has 1 fully saturated rings. The molecule has 4 rings (SSSR count). The van der Waals surface area contributed by atoms with Crippen molar-refractivity contribution in [2.75, 3.05) is 20.1 Å². The lowest BCUT2D eigenvalue weighted by molar-refractivity contribution is -0.0242. The van der Waals surface area contributed by atoms with Crippen LogP contribution >= 0.6 is 11.3 Å². The van der Waals surface area contributed by atoms with Crippen LogP contribution in [0.25, 0.3) is 0 Å². The number of halogens is 1. The maximum absolute atomic E-state index is 13.9. The second-order valence-electron chi connectivity index (χ2n) is 7.96. The first-order valence-electron chi connectivity index (χ1n) is 10.2. The Labute approximate surface area is 185 Å². The number of aromatic nitrogens is 2. The van der Waals surface area contributed by atoms with E-state index in [0.717, 1.165) is 17.1 Å². The average Bonchev–Trinajstić information content (AvgIpc) is 3.24. The van der Waals surface area contributed by atoms with E-state index in [2.05, 4.69) is 14.9 Å². The Kier molecular flexibility index (Phi) is 6.41. The predicted molar refractivity (Wildman–Crippen MR) is 117 cm³/mol. The number of hydrogen-bond donors (Lipinski definition) is 1. The fourth-order valence-electron chi connectivity index (χ4n) is 3.83. The van der Waals surface area contributed by atoms with Crippen molar-refractivity contribution in [3.63, 3.8) is 0 Å². The topological polar surface area (TPSA) is 69.6 Å². The highest BCUT2D eigenvalue weighted by Crippen LogP contribution is 2.34. The molecular weight excluding hydrogens is 415 g/mol. The summed E-state index contributed by atoms with van der Waals surface area (Å²) in [6, 6.07) is 9.95. The first-order chi connectivity index (χ1) is 14.9. The summed E-state index contributed by atoms with van der Waals surface area (Å²) in [6.07, 6.45) is 4.36. The number of rotatable bonds is 6. The van der Waals surface area contributed by atoms with Gasteiger partial charge in [0.25, 0.3) is 5.91 Å². The highest BCUT2D eigenvalue weighted by Gasteiger charge is 2.38. The zero-order valence-corrected chi connectivity index (χ0v) is 18.2. The molecule has 0 spiro atoms. The summed E-state index contributed by atoms with van der Waals surface area (Å²) in [6.45, 7) is 2.16. The van der Waals surface area contributed by atoms with Gasteiger partial charge in [0.1, 0.15) is 16.4 Å². The molecule has 0 aliphatic carbocycles. The number of nitrogens with zero attached hydrogens (tertiary/aromatic N) is 4. The number of hydrogen-bond acceptors (Lipinski definition) is 6. The summed E-state index contributed by atoms with van der Waals surface area (Å²) < 4.78 is 13.9. The van der Waals surface area contributed by atoms with Gasteiger partial charge in [0.2, 0.25) is 0 Å². The van der Waals surface area contributed by atoms with Gasteiger partial charge in [-0.3, -0.25) is 14.7 Å². The molecular formula is C23H25FN4O2S. The van der Waals surface area contributed by atoms with Crippen LogP contribution in [0.5, 0.6) is 0 Å². The number of carbonyl (C=O) groups excluding carboxylic acids is 1. The molecule has 162 valence electrons. The van der Waals surface area contributed by atoms with Gasteiger partial charge < -0.3 is 10.0 Å². The molecule has 0 bridgehead atoms. The molecule has 1 saturated heterocycles. The summed E-state index contributed by atoms with van der Waals surface area (Å²) in [7, 11) is 2.02. The maximum Gasteiger partial charge on any atom is 0.256 e. The van der Waals surface area contributed by atoms with Crippen LogP contribution < -0.4 is 0 Å². The number of pyridine rings is 1. The van der Waals surface area contributed by atoms with E-state index < -0.39 is 11.4 Å². The Hall–Kier alpha value is -2.68. The van der Waals surface area contributed by atoms with E-state index in [1.54, 1.807) is 23.2 Å². The molecule has 1 aliphatic rings. The Morgan fingerprint density at radius 2 is 2.00 bits per heavy atom. The fraction of sp³-hybridized carbons (Fsp3) is 0.348. The van der Waals surface area contributed by atoms with Crippen LogP contribution in [0.1, 0.15) is 39.5 Å². The number of thiazole rings is 1. The number of likely N-dealkylation sites (tertiary alicyclic amines) is 1. The van der Waals surface area contributed by atoms with Crippen LogP contribution in [0.3, 0.4) is 0 Å². The largest absolute Gasteiger partial charge is 0.383 e. The smallest absolute Gasteiger partial charge is 0.256 e. The van der Waals surface area contributed by atoms with Gasteiger partial charge in [-0.15, -0.1) is 11.3 Å². The third kappa shape index (κ3) is 4.98. The molecule has 3 aromatic rings. The number of carbonyl (C=O) groups is 1. The summed E-state index contributed by atoms with van der Waals surface area (Å²) in [5.74, 6) is -0.857. The van der Waals surface area contributed by atoms with Gasteiger partial charge in [-0.1, -0.05) is 18.2 Å². The standard InChI is InChI=1S/C23H25FN4O2S/c1-27(14-17-5-4-10-25-13-17)15-21-26-20(16-31-21)23(30)8-11-28(12-9-23)22(29)18-6-2-3-7-19(18)24/h2-7,10,13,16,30H,8-9,11-12,14-15H2,1H3. The highest BCUT2D eigenvalue weighted by molar-refractivity contribution is 7.09. The molecule has 6 nitrogen and oxygen atoms in total. The van der Waals surface area contributed by atoms with Gasteiger partial charge in [-0.2, -0.15) is 0 Å². The lowest BCUT2D eigenvalue weighted by Gasteiger charge is -2.37. The highest BCUT2D eigenvalue weighted by atomic mass is 32.1. The molecule has 0 saturated carbocycles. The third-order valence-electron chi connectivity index (χ3n) is 5.59. The fourth-order valence-corrected chi connectivity index (χ4v) is 4.79. The number of benzene rings is 1. The van der Waals surface area contributed by atoms with Gasteiger partial charge in [0.05, 0.1) is 17.8 Å². The van der Waals surface area contributed by atoms with Crippen molar-refractivity contribution in [1.82, 2.24) is 19.8 Å². The second-order valence-corrected chi connectivity index (χ2v) is 8.91. The molecule has 2 aromatic heterocycles. The zero-order valence-electron chi connectivity index (χ0n) is 17.4. The van der Waals surface area contributed by atoms with Gasteiger partial charge in [0, 0.05) is 37.4 Å². The Morgan fingerprint density at radius 3 is 2.71 bits per heavy atom. The normalized spacial score (nSPS) is 15.9. The van der Waals surface area contributed by atoms with Gasteiger partial charge in [-0.05, 0) is 43.7 Å². The lowest BCUT2D eigenvalue weighted by atomic mass is 9.88. The molecule has 0 radical (unpaired) electrons. The van der Waals surface area contributed by atoms with Crippen LogP contribution in [0.15, 0.2) is 54.2 Å². The molecule has 1 aromatic carbocycles. The van der Waals surface area contributed by atoms with Gasteiger partial charge in [0.15, 0.2) is 0 Å². The minimum Gasteiger partial charge on any atom is -0.383 e. The van der Waals surface area contributed by atoms with E-state index in [1.807, 2.05) is 30.8 Å². The van der Waals surface area contributed by atoms with Crippen molar-refractivity contribution in [2.24, 2.45) is 0 Å². The molecule has 8 heteroatoms. The SMILES string of the molecule is CN(Cc1cccnc1)Cc1nc(C2(O)CCN(C(=O)c3ccccc3F)CC2)cs1. The van der Waals surface area contributed by atoms with Gasteiger partial charge in [-0.25, -0.2) is 9.37 Å². The molecule has 1 amide bonds. The van der Waals surface area contributed by atoms with Crippen LogP contribution in [0.2, 0.25) is 0 Å². The van der Waals surface area contributed by atoms with E-state index in [0.29, 0.717) is 38.2 Å². The van der Waals surface area contributed by atoms with Crippen molar-refractivity contribution in [3.05, 3.63) is 81.8 Å². The van der Waals surface area contributed by atoms with Crippen LogP contribution in [0.4, 0.5) is 4.39 Å². The second kappa shape index (κ2) is 9.21. The quantitative estimate of drug-likeness (QED) is 0.636. The van der Waals surface area contributed by atoms with Crippen molar-refractivity contribution >= 4 is 17.2 Å². The molecule has 1 aliphatic heterocycles. The summed E-state index contributed by atoms with van der Waals surface area (Å²) >= 11 is 1.53. The zero-order chi connectivity index (χ0) is 21.8. The lowest BCUT2D eigenvalue weighted by Crippen LogP contribution is -2.45. The number of piperidine rings is 1. The maximum atomic E-state index is 13.9. The monoisotopic (exact) mass is 440 g/mol. The van der Waals surface area contributed by atoms with Crippen molar-refractivity contribution in [3.8, 4) is 0 Å². The Balaban J connectivity index is 1.36. The number of amides is 1. The van der Waals surface area contributed by atoms with E-state index in [9.17, 15) is 14.3 Å². The van der Waals surface area contributed by atoms with E-state index in [1.165, 1.54) is 23.5 Å². The Bertz CT molecular complexity index is 1030. The summed E-state index contributed by atoms with van der Waals surface area (Å²) in [4.78, 5) is 25.2. The Morgan fingerprint density at radius 1 is 1.23 bits per heavy atom. The van der Waals surface area contributed by atoms with Crippen LogP contribution in [0, 0.1) is 5.82 Å². The molecule has 3 heterocycles. The van der Waals surface area contributed by atoms with Gasteiger partial charge >= 0.3 is 0 Å². The predicted octanol–water partition coefficient (Wildman–Crippen LogP) is 3.43. The minimum atomic E-state index is -1.07. The minimum absolute atomic E-state index is 0.0699. The molecule has 1 N–H and O–H groups in total. The summed E-state index contributed by atoms with van der Waals surface area (Å²) in [5, 5.41) is 14.0. The van der Waals surface area contributed by atoms with Crippen molar-refractivity contribution in [1.29, 1.82) is 0 Å².